The number of nitrogens with zero attached hydrogens (tertiary/aromatic N) is 5. The summed E-state index contributed by atoms with van der Waals surface area (Å²) in [5.41, 5.74) is 0.657. The van der Waals surface area contributed by atoms with Crippen LogP contribution >= 0.6 is 0 Å². The van der Waals surface area contributed by atoms with Crippen LogP contribution in [0.5, 0.6) is 0 Å². The summed E-state index contributed by atoms with van der Waals surface area (Å²) in [6.07, 6.45) is 7.76. The fraction of sp³-hybridized carbons (Fsp3) is 0.579. The smallest absolute Gasteiger partial charge is 0.259 e. The number of carbonyl (C=O) groups excluding carboxylic acids is 1. The molecule has 0 unspecified atom stereocenters. The molecule has 2 aromatic heterocycles. The minimum atomic E-state index is 0.0642. The van der Waals surface area contributed by atoms with Gasteiger partial charge in [-0.3, -0.25) is 14.4 Å². The summed E-state index contributed by atoms with van der Waals surface area (Å²) in [5, 5.41) is 4.32. The second-order valence-electron chi connectivity index (χ2n) is 6.82. The van der Waals surface area contributed by atoms with Gasteiger partial charge in [0, 0.05) is 58.8 Å². The molecule has 0 spiro atoms. The number of carbonyl (C=O) groups is 1. The molecule has 0 saturated carbocycles. The average Bonchev–Trinajstić information content (AvgIpc) is 3.29. The summed E-state index contributed by atoms with van der Waals surface area (Å²) >= 11 is 0. The fourth-order valence-corrected chi connectivity index (χ4v) is 3.72. The van der Waals surface area contributed by atoms with E-state index >= 15 is 0 Å². The van der Waals surface area contributed by atoms with E-state index in [0.29, 0.717) is 11.6 Å². The number of aryl methyl sites for hydroxylation is 1. The molecule has 142 valence electrons. The van der Waals surface area contributed by atoms with Gasteiger partial charge in [-0.05, 0) is 18.6 Å². The van der Waals surface area contributed by atoms with Gasteiger partial charge in [0.05, 0.1) is 12.8 Å². The molecule has 2 aromatic rings. The molecular weight excluding hydrogens is 330 g/mol. The van der Waals surface area contributed by atoms with Crippen molar-refractivity contribution in [2.24, 2.45) is 7.05 Å². The van der Waals surface area contributed by atoms with E-state index in [-0.39, 0.29) is 5.91 Å². The third-order valence-electron chi connectivity index (χ3n) is 5.08. The van der Waals surface area contributed by atoms with Crippen LogP contribution in [0.15, 0.2) is 30.7 Å². The van der Waals surface area contributed by atoms with Gasteiger partial charge in [0.25, 0.3) is 5.91 Å². The zero-order valence-corrected chi connectivity index (χ0v) is 16.0. The van der Waals surface area contributed by atoms with Gasteiger partial charge in [-0.25, -0.2) is 0 Å². The van der Waals surface area contributed by atoms with Crippen molar-refractivity contribution in [1.29, 1.82) is 0 Å². The summed E-state index contributed by atoms with van der Waals surface area (Å²) in [5.74, 6) is 0.878. The van der Waals surface area contributed by atoms with E-state index in [1.54, 1.807) is 18.0 Å². The van der Waals surface area contributed by atoms with Gasteiger partial charge in [-0.15, -0.1) is 0 Å². The molecule has 0 aliphatic carbocycles. The van der Waals surface area contributed by atoms with Crippen LogP contribution in [0.1, 0.15) is 30.1 Å². The van der Waals surface area contributed by atoms with E-state index in [1.165, 1.54) is 0 Å². The standard InChI is InChI=1S/C19H29N5O2/c1-4-7-16-15-24(11-10-22(16)12-13-26-3)19(25)17-14-20-21(2)18(17)23-8-5-6-9-23/h5-6,8-9,14,16H,4,7,10-13,15H2,1-3H3/t16-/m1/s1. The predicted octanol–water partition coefficient (Wildman–Crippen LogP) is 1.78. The number of hydrogen-bond donors (Lipinski definition) is 0. The Morgan fingerprint density at radius 3 is 2.77 bits per heavy atom. The first-order valence-corrected chi connectivity index (χ1v) is 9.33. The van der Waals surface area contributed by atoms with Crippen LogP contribution in [-0.4, -0.2) is 76.0 Å². The normalized spacial score (nSPS) is 18.4. The van der Waals surface area contributed by atoms with Crippen molar-refractivity contribution in [3.05, 3.63) is 36.3 Å². The summed E-state index contributed by atoms with van der Waals surface area (Å²) in [7, 11) is 3.61. The summed E-state index contributed by atoms with van der Waals surface area (Å²) < 4.78 is 8.94. The van der Waals surface area contributed by atoms with Crippen molar-refractivity contribution in [3.8, 4) is 5.82 Å². The third kappa shape index (κ3) is 3.83. The molecule has 1 fully saturated rings. The Labute approximate surface area is 155 Å². The Hall–Kier alpha value is -2.12. The molecule has 1 aliphatic rings. The Morgan fingerprint density at radius 1 is 1.31 bits per heavy atom. The van der Waals surface area contributed by atoms with Crippen molar-refractivity contribution in [1.82, 2.24) is 24.1 Å². The maximum absolute atomic E-state index is 13.2. The van der Waals surface area contributed by atoms with Crippen molar-refractivity contribution in [2.75, 3.05) is 39.9 Å². The molecule has 7 nitrogen and oxygen atoms in total. The second kappa shape index (κ2) is 8.51. The number of ether oxygens (including phenoxy) is 1. The van der Waals surface area contributed by atoms with E-state index in [1.807, 2.05) is 41.0 Å². The van der Waals surface area contributed by atoms with Crippen LogP contribution in [0.4, 0.5) is 0 Å². The molecule has 0 bridgehead atoms. The summed E-state index contributed by atoms with van der Waals surface area (Å²) in [6, 6.07) is 4.29. The lowest BCUT2D eigenvalue weighted by Crippen LogP contribution is -2.55. The zero-order chi connectivity index (χ0) is 18.5. The van der Waals surface area contributed by atoms with Gasteiger partial charge in [-0.1, -0.05) is 13.3 Å². The van der Waals surface area contributed by atoms with Gasteiger partial charge < -0.3 is 14.2 Å². The Kier molecular flexibility index (Phi) is 6.11. The largest absolute Gasteiger partial charge is 0.383 e. The number of piperazine rings is 1. The van der Waals surface area contributed by atoms with E-state index < -0.39 is 0 Å². The molecule has 0 aromatic carbocycles. The highest BCUT2D eigenvalue weighted by atomic mass is 16.5. The molecule has 1 saturated heterocycles. The van der Waals surface area contributed by atoms with Gasteiger partial charge >= 0.3 is 0 Å². The molecule has 1 atom stereocenters. The van der Waals surface area contributed by atoms with Crippen LogP contribution in [-0.2, 0) is 11.8 Å². The quantitative estimate of drug-likeness (QED) is 0.756. The lowest BCUT2D eigenvalue weighted by molar-refractivity contribution is 0.0371. The van der Waals surface area contributed by atoms with Gasteiger partial charge in [-0.2, -0.15) is 5.10 Å². The Morgan fingerprint density at radius 2 is 2.08 bits per heavy atom. The first-order chi connectivity index (χ1) is 12.7. The monoisotopic (exact) mass is 359 g/mol. The molecule has 1 amide bonds. The highest BCUT2D eigenvalue weighted by molar-refractivity contribution is 5.97. The molecule has 0 radical (unpaired) electrons. The highest BCUT2D eigenvalue weighted by Gasteiger charge is 2.31. The average molecular weight is 359 g/mol. The van der Waals surface area contributed by atoms with Crippen LogP contribution in [0.3, 0.4) is 0 Å². The first kappa shape index (κ1) is 18.7. The zero-order valence-electron chi connectivity index (χ0n) is 16.0. The van der Waals surface area contributed by atoms with Gasteiger partial charge in [0.15, 0.2) is 0 Å². The van der Waals surface area contributed by atoms with Crippen LogP contribution in [0.25, 0.3) is 5.82 Å². The molecule has 3 rings (SSSR count). The minimum Gasteiger partial charge on any atom is -0.383 e. The number of rotatable bonds is 7. The lowest BCUT2D eigenvalue weighted by Gasteiger charge is -2.41. The van der Waals surface area contributed by atoms with E-state index in [9.17, 15) is 4.79 Å². The lowest BCUT2D eigenvalue weighted by atomic mass is 10.1. The van der Waals surface area contributed by atoms with E-state index in [0.717, 1.165) is 51.4 Å². The van der Waals surface area contributed by atoms with Gasteiger partial charge in [0.2, 0.25) is 0 Å². The molecule has 7 heteroatoms. The predicted molar refractivity (Wildman–Crippen MR) is 101 cm³/mol. The topological polar surface area (TPSA) is 55.5 Å². The fourth-order valence-electron chi connectivity index (χ4n) is 3.72. The van der Waals surface area contributed by atoms with Crippen molar-refractivity contribution < 1.29 is 9.53 Å². The molecule has 0 N–H and O–H groups in total. The number of amides is 1. The van der Waals surface area contributed by atoms with E-state index in [4.69, 9.17) is 4.74 Å². The Bertz CT molecular complexity index is 710. The maximum Gasteiger partial charge on any atom is 0.259 e. The van der Waals surface area contributed by atoms with Gasteiger partial charge in [0.1, 0.15) is 11.4 Å². The van der Waals surface area contributed by atoms with Crippen LogP contribution in [0, 0.1) is 0 Å². The highest BCUT2D eigenvalue weighted by Crippen LogP contribution is 2.20. The van der Waals surface area contributed by atoms with Crippen molar-refractivity contribution in [2.45, 2.75) is 25.8 Å². The maximum atomic E-state index is 13.2. The minimum absolute atomic E-state index is 0.0642. The molecule has 1 aliphatic heterocycles. The van der Waals surface area contributed by atoms with Crippen LogP contribution in [0.2, 0.25) is 0 Å². The summed E-state index contributed by atoms with van der Waals surface area (Å²) in [4.78, 5) is 17.6. The molecule has 3 heterocycles. The first-order valence-electron chi connectivity index (χ1n) is 9.33. The second-order valence-corrected chi connectivity index (χ2v) is 6.82. The van der Waals surface area contributed by atoms with Crippen molar-refractivity contribution >= 4 is 5.91 Å². The van der Waals surface area contributed by atoms with Crippen molar-refractivity contribution in [3.63, 3.8) is 0 Å². The summed E-state index contributed by atoms with van der Waals surface area (Å²) in [6.45, 7) is 6.23. The Balaban J connectivity index is 1.77. The van der Waals surface area contributed by atoms with Crippen LogP contribution < -0.4 is 0 Å². The number of hydrogen-bond acceptors (Lipinski definition) is 4. The number of aromatic nitrogens is 3. The molecular formula is C19H29N5O2. The SMILES string of the molecule is CCC[C@@H]1CN(C(=O)c2cnn(C)c2-n2cccc2)CCN1CCOC. The molecule has 26 heavy (non-hydrogen) atoms. The third-order valence-corrected chi connectivity index (χ3v) is 5.08. The number of methoxy groups -OCH3 is 1. The van der Waals surface area contributed by atoms with E-state index in [2.05, 4.69) is 16.9 Å².